The quantitative estimate of drug-likeness (QED) is 0.332. The molecule has 1 aromatic heterocycles. The van der Waals surface area contributed by atoms with Gasteiger partial charge >= 0.3 is 0 Å². The molecule has 2 N–H and O–H groups in total. The summed E-state index contributed by atoms with van der Waals surface area (Å²) in [5, 5.41) is 16.8. The normalized spacial score (nSPS) is 18.9. The summed E-state index contributed by atoms with van der Waals surface area (Å²) in [7, 11) is -1.88. The molecule has 2 atom stereocenters. The number of aromatic nitrogens is 2. The Balaban J connectivity index is 1.79. The number of nitrogens with one attached hydrogen (secondary N) is 2. The first-order valence-corrected chi connectivity index (χ1v) is 15.9. The first kappa shape index (κ1) is 26.9. The Morgan fingerprint density at radius 2 is 1.97 bits per heavy atom. The fraction of sp³-hybridized carbons (Fsp3) is 0.560. The van der Waals surface area contributed by atoms with Crippen molar-refractivity contribution in [1.29, 1.82) is 5.26 Å². The SMILES string of the molecule is Cc1cc(Nc2ncc(Cl)c(N[C@H]3CCCC[C@@H]3C#N)n2)cc(CO[Si](C)(C)C(C)(C)C)c1Br. The van der Waals surface area contributed by atoms with Crippen LogP contribution in [0.25, 0.3) is 0 Å². The second kappa shape index (κ2) is 10.9. The van der Waals surface area contributed by atoms with E-state index in [0.29, 0.717) is 23.4 Å². The van der Waals surface area contributed by atoms with Crippen LogP contribution in [0.3, 0.4) is 0 Å². The van der Waals surface area contributed by atoms with Crippen molar-refractivity contribution in [2.45, 2.75) is 84.2 Å². The third kappa shape index (κ3) is 6.51. The van der Waals surface area contributed by atoms with Gasteiger partial charge in [-0.25, -0.2) is 4.98 Å². The summed E-state index contributed by atoms with van der Waals surface area (Å²) in [4.78, 5) is 8.99. The van der Waals surface area contributed by atoms with Gasteiger partial charge in [-0.15, -0.1) is 0 Å². The summed E-state index contributed by atoms with van der Waals surface area (Å²) in [6, 6.07) is 6.59. The van der Waals surface area contributed by atoms with Crippen LogP contribution < -0.4 is 10.6 Å². The highest BCUT2D eigenvalue weighted by molar-refractivity contribution is 9.10. The van der Waals surface area contributed by atoms with Crippen molar-refractivity contribution in [2.24, 2.45) is 5.92 Å². The van der Waals surface area contributed by atoms with Gasteiger partial charge in [0.1, 0.15) is 5.02 Å². The maximum Gasteiger partial charge on any atom is 0.229 e. The molecule has 1 fully saturated rings. The number of anilines is 3. The van der Waals surface area contributed by atoms with Gasteiger partial charge in [0.25, 0.3) is 0 Å². The predicted octanol–water partition coefficient (Wildman–Crippen LogP) is 7.96. The fourth-order valence-electron chi connectivity index (χ4n) is 3.79. The summed E-state index contributed by atoms with van der Waals surface area (Å²) in [6.07, 6.45) is 5.62. The topological polar surface area (TPSA) is 82.9 Å². The number of aryl methyl sites for hydroxylation is 1. The van der Waals surface area contributed by atoms with E-state index in [0.717, 1.165) is 47.0 Å². The van der Waals surface area contributed by atoms with Crippen LogP contribution in [0.2, 0.25) is 23.2 Å². The fourth-order valence-corrected chi connectivity index (χ4v) is 5.22. The Bertz CT molecular complexity index is 1070. The maximum absolute atomic E-state index is 9.49. The van der Waals surface area contributed by atoms with Gasteiger partial charge in [0, 0.05) is 16.2 Å². The maximum atomic E-state index is 9.49. The zero-order valence-corrected chi connectivity index (χ0v) is 24.3. The van der Waals surface area contributed by atoms with E-state index < -0.39 is 8.32 Å². The second-order valence-corrected chi connectivity index (χ2v) is 16.6. The Labute approximate surface area is 218 Å². The molecule has 34 heavy (non-hydrogen) atoms. The van der Waals surface area contributed by atoms with E-state index in [4.69, 9.17) is 16.0 Å². The molecular weight excluding hydrogens is 530 g/mol. The number of benzene rings is 1. The van der Waals surface area contributed by atoms with Crippen molar-refractivity contribution in [3.05, 3.63) is 39.0 Å². The molecular formula is C25H35BrClN5OSi. The first-order chi connectivity index (χ1) is 15.9. The lowest BCUT2D eigenvalue weighted by atomic mass is 9.85. The Kier molecular flexibility index (Phi) is 8.67. The summed E-state index contributed by atoms with van der Waals surface area (Å²) in [5.74, 6) is 0.976. The van der Waals surface area contributed by atoms with Gasteiger partial charge in [0.15, 0.2) is 14.1 Å². The molecule has 0 radical (unpaired) electrons. The van der Waals surface area contributed by atoms with E-state index in [9.17, 15) is 5.26 Å². The highest BCUT2D eigenvalue weighted by Crippen LogP contribution is 2.38. The number of hydrogen-bond acceptors (Lipinski definition) is 6. The van der Waals surface area contributed by atoms with E-state index in [1.54, 1.807) is 6.20 Å². The van der Waals surface area contributed by atoms with Crippen molar-refractivity contribution < 1.29 is 4.43 Å². The van der Waals surface area contributed by atoms with E-state index in [1.807, 2.05) is 0 Å². The van der Waals surface area contributed by atoms with Gasteiger partial charge in [0.2, 0.25) is 5.95 Å². The third-order valence-electron chi connectivity index (χ3n) is 6.98. The van der Waals surface area contributed by atoms with Gasteiger partial charge in [-0.2, -0.15) is 10.2 Å². The Morgan fingerprint density at radius 3 is 2.65 bits per heavy atom. The van der Waals surface area contributed by atoms with Gasteiger partial charge in [-0.05, 0) is 61.2 Å². The molecule has 0 saturated heterocycles. The van der Waals surface area contributed by atoms with Crippen LogP contribution in [0.1, 0.15) is 57.6 Å². The average molecular weight is 565 g/mol. The molecule has 0 amide bonds. The van der Waals surface area contributed by atoms with Gasteiger partial charge in [-0.1, -0.05) is 61.1 Å². The molecule has 1 aliphatic rings. The minimum atomic E-state index is -1.88. The number of nitriles is 1. The third-order valence-corrected chi connectivity index (χ3v) is 12.9. The van der Waals surface area contributed by atoms with Crippen LogP contribution in [-0.2, 0) is 11.0 Å². The van der Waals surface area contributed by atoms with Gasteiger partial charge in [-0.3, -0.25) is 0 Å². The zero-order valence-electron chi connectivity index (χ0n) is 20.9. The van der Waals surface area contributed by atoms with E-state index >= 15 is 0 Å². The molecule has 3 rings (SSSR count). The molecule has 1 saturated carbocycles. The van der Waals surface area contributed by atoms with E-state index in [2.05, 4.69) is 95.5 Å². The van der Waals surface area contributed by atoms with Crippen LogP contribution in [-0.4, -0.2) is 24.3 Å². The van der Waals surface area contributed by atoms with Crippen molar-refractivity contribution in [3.8, 4) is 6.07 Å². The van der Waals surface area contributed by atoms with Crippen molar-refractivity contribution >= 4 is 53.3 Å². The molecule has 0 aliphatic heterocycles. The summed E-state index contributed by atoms with van der Waals surface area (Å²) >= 11 is 10.1. The molecule has 0 unspecified atom stereocenters. The second-order valence-electron chi connectivity index (χ2n) is 10.6. The first-order valence-electron chi connectivity index (χ1n) is 11.8. The van der Waals surface area contributed by atoms with Crippen LogP contribution >= 0.6 is 27.5 Å². The highest BCUT2D eigenvalue weighted by Gasteiger charge is 2.37. The lowest BCUT2D eigenvalue weighted by Crippen LogP contribution is -2.40. The average Bonchev–Trinajstić information content (AvgIpc) is 2.77. The van der Waals surface area contributed by atoms with Crippen LogP contribution in [0.5, 0.6) is 0 Å². The largest absolute Gasteiger partial charge is 0.413 e. The van der Waals surface area contributed by atoms with Crippen molar-refractivity contribution in [1.82, 2.24) is 9.97 Å². The summed E-state index contributed by atoms with van der Waals surface area (Å²) in [6.45, 7) is 13.8. The highest BCUT2D eigenvalue weighted by atomic mass is 79.9. The number of nitrogens with zero attached hydrogens (tertiary/aromatic N) is 3. The van der Waals surface area contributed by atoms with Gasteiger partial charge < -0.3 is 15.1 Å². The van der Waals surface area contributed by atoms with Crippen LogP contribution in [0, 0.1) is 24.2 Å². The van der Waals surface area contributed by atoms with Gasteiger partial charge in [0.05, 0.1) is 24.8 Å². The smallest absolute Gasteiger partial charge is 0.229 e. The predicted molar refractivity (Wildman–Crippen MR) is 146 cm³/mol. The van der Waals surface area contributed by atoms with E-state index in [1.165, 1.54) is 0 Å². The molecule has 184 valence electrons. The lowest BCUT2D eigenvalue weighted by molar-refractivity contribution is 0.275. The zero-order chi connectivity index (χ0) is 25.1. The summed E-state index contributed by atoms with van der Waals surface area (Å²) < 4.78 is 7.51. The number of halogens is 2. The van der Waals surface area contributed by atoms with Crippen LogP contribution in [0.4, 0.5) is 17.5 Å². The monoisotopic (exact) mass is 563 g/mol. The minimum Gasteiger partial charge on any atom is -0.413 e. The minimum absolute atomic E-state index is 0.0335. The lowest BCUT2D eigenvalue weighted by Gasteiger charge is -2.36. The molecule has 1 heterocycles. The molecule has 1 aromatic carbocycles. The number of rotatable bonds is 7. The molecule has 1 aliphatic carbocycles. The van der Waals surface area contributed by atoms with E-state index in [-0.39, 0.29) is 17.0 Å². The number of hydrogen-bond donors (Lipinski definition) is 2. The molecule has 9 heteroatoms. The molecule has 6 nitrogen and oxygen atoms in total. The molecule has 0 bridgehead atoms. The standard InChI is InChI=1S/C25H35BrClN5OSi/c1-16-11-19(12-18(22(16)26)15-33-34(5,6)25(2,3)4)30-24-29-14-20(27)23(32-24)31-21-10-8-7-9-17(21)13-28/h11-12,14,17,21H,7-10,15H2,1-6H3,(H2,29,30,31,32)/t17-,21+/m1/s1. The van der Waals surface area contributed by atoms with Crippen molar-refractivity contribution in [2.75, 3.05) is 10.6 Å². The summed E-state index contributed by atoms with van der Waals surface area (Å²) in [5.41, 5.74) is 3.07. The Hall–Kier alpha value is -1.66. The van der Waals surface area contributed by atoms with Crippen molar-refractivity contribution in [3.63, 3.8) is 0 Å². The molecule has 2 aromatic rings. The Morgan fingerprint density at radius 1 is 1.26 bits per heavy atom. The molecule has 0 spiro atoms. The van der Waals surface area contributed by atoms with Crippen LogP contribution in [0.15, 0.2) is 22.8 Å².